The molecule has 23 heavy (non-hydrogen) atoms. The Morgan fingerprint density at radius 3 is 2.22 bits per heavy atom. The Balaban J connectivity index is 0.000000113. The molecular formula is C18H27ClN2O2. The number of allylic oxidation sites excluding steroid dienone is 2. The van der Waals surface area contributed by atoms with Gasteiger partial charge in [-0.2, -0.15) is 0 Å². The maximum Gasteiger partial charge on any atom is 0.142 e. The quantitative estimate of drug-likeness (QED) is 0.298. The van der Waals surface area contributed by atoms with Gasteiger partial charge in [0, 0.05) is 5.92 Å². The van der Waals surface area contributed by atoms with Crippen LogP contribution in [0.25, 0.3) is 0 Å². The summed E-state index contributed by atoms with van der Waals surface area (Å²) in [5.74, 6) is 4.44. The third-order valence-electron chi connectivity index (χ3n) is 5.95. The normalized spacial score (nSPS) is 41.5. The molecule has 4 nitrogen and oxygen atoms in total. The Morgan fingerprint density at radius 2 is 1.78 bits per heavy atom. The molecular weight excluding hydrogens is 312 g/mol. The minimum absolute atomic E-state index is 0.157. The van der Waals surface area contributed by atoms with Gasteiger partial charge in [0.2, 0.25) is 0 Å². The summed E-state index contributed by atoms with van der Waals surface area (Å²) in [5, 5.41) is 14.4. The molecule has 3 saturated carbocycles. The lowest BCUT2D eigenvalue weighted by molar-refractivity contribution is 0.0275. The summed E-state index contributed by atoms with van der Waals surface area (Å²) in [5.41, 5.74) is 1.25. The van der Waals surface area contributed by atoms with Gasteiger partial charge in [-0.15, -0.1) is 0 Å². The van der Waals surface area contributed by atoms with Gasteiger partial charge in [-0.05, 0) is 76.0 Å². The van der Waals surface area contributed by atoms with Gasteiger partial charge in [-0.3, -0.25) is 0 Å². The summed E-state index contributed by atoms with van der Waals surface area (Å²) in [7, 11) is 0. The smallest absolute Gasteiger partial charge is 0.142 e. The lowest BCUT2D eigenvalue weighted by Crippen LogP contribution is -2.28. The molecule has 0 radical (unpaired) electrons. The molecule has 4 aliphatic carbocycles. The number of nitrogens with zero attached hydrogens (tertiary/aromatic N) is 2. The Labute approximate surface area is 143 Å². The van der Waals surface area contributed by atoms with Crippen LogP contribution in [0.3, 0.4) is 0 Å². The molecule has 0 aromatic rings. The van der Waals surface area contributed by atoms with Crippen molar-refractivity contribution in [2.45, 2.75) is 58.5 Å². The molecule has 128 valence electrons. The molecule has 5 aliphatic rings. The fraction of sp³-hybridized carbons (Fsp3) is 0.778. The average Bonchev–Trinajstić information content (AvgIpc) is 3.35. The fourth-order valence-electron chi connectivity index (χ4n) is 4.89. The van der Waals surface area contributed by atoms with Crippen molar-refractivity contribution in [2.24, 2.45) is 39.9 Å². The zero-order chi connectivity index (χ0) is 16.4. The standard InChI is InChI=1S/C9H13NO.C7H10.C2H4ClNO/c1-5-8-6-2-3-7(4-6)9(8)11-10-5;1-2-7-4-3-6(1)5-7;1-2(3)4-5/h6-9H,2-4H2,1H3;1-2,6-7H,3-5H2;5H,1H3/b;;4-2+. The number of rotatable bonds is 0. The van der Waals surface area contributed by atoms with Crippen molar-refractivity contribution in [3.8, 4) is 0 Å². The molecule has 5 heteroatoms. The predicted molar refractivity (Wildman–Crippen MR) is 93.0 cm³/mol. The van der Waals surface area contributed by atoms with Gasteiger partial charge < -0.3 is 10.0 Å². The van der Waals surface area contributed by atoms with Crippen molar-refractivity contribution < 1.29 is 10.0 Å². The van der Waals surface area contributed by atoms with Crippen LogP contribution in [-0.4, -0.2) is 22.2 Å². The third-order valence-corrected chi connectivity index (χ3v) is 6.02. The van der Waals surface area contributed by atoms with Gasteiger partial charge in [-0.25, -0.2) is 0 Å². The van der Waals surface area contributed by atoms with E-state index >= 15 is 0 Å². The van der Waals surface area contributed by atoms with E-state index in [9.17, 15) is 0 Å². The monoisotopic (exact) mass is 338 g/mol. The van der Waals surface area contributed by atoms with Crippen LogP contribution in [0.5, 0.6) is 0 Å². The molecule has 1 N–H and O–H groups in total. The average molecular weight is 339 g/mol. The van der Waals surface area contributed by atoms with Crippen molar-refractivity contribution in [3.05, 3.63) is 12.2 Å². The molecule has 6 atom stereocenters. The van der Waals surface area contributed by atoms with E-state index in [-0.39, 0.29) is 5.17 Å². The van der Waals surface area contributed by atoms with Crippen LogP contribution >= 0.6 is 11.6 Å². The first-order valence-corrected chi connectivity index (χ1v) is 9.19. The first-order chi connectivity index (χ1) is 11.1. The van der Waals surface area contributed by atoms with E-state index in [1.807, 2.05) is 0 Å². The topological polar surface area (TPSA) is 54.2 Å². The summed E-state index contributed by atoms with van der Waals surface area (Å²) in [4.78, 5) is 5.41. The molecule has 0 amide bonds. The van der Waals surface area contributed by atoms with E-state index in [1.54, 1.807) is 0 Å². The number of hydrogen-bond acceptors (Lipinski definition) is 4. The first kappa shape index (κ1) is 16.8. The second-order valence-corrected chi connectivity index (χ2v) is 8.02. The van der Waals surface area contributed by atoms with Crippen molar-refractivity contribution >= 4 is 22.5 Å². The molecule has 3 fully saturated rings. The van der Waals surface area contributed by atoms with Crippen LogP contribution in [0.15, 0.2) is 22.5 Å². The maximum absolute atomic E-state index is 7.60. The minimum atomic E-state index is 0.157. The Kier molecular flexibility index (Phi) is 5.30. The van der Waals surface area contributed by atoms with E-state index in [0.29, 0.717) is 12.0 Å². The Bertz CT molecular complexity index is 501. The Morgan fingerprint density at radius 1 is 1.17 bits per heavy atom. The van der Waals surface area contributed by atoms with Crippen LogP contribution < -0.4 is 0 Å². The molecule has 1 heterocycles. The highest BCUT2D eigenvalue weighted by atomic mass is 35.5. The molecule has 6 unspecified atom stereocenters. The zero-order valence-electron chi connectivity index (χ0n) is 14.0. The zero-order valence-corrected chi connectivity index (χ0v) is 14.7. The SMILES string of the molecule is C/C(Cl)=N\O.C1=CC2CCC1C2.CC1=NOC2C3CCC(C3)C12. The lowest BCUT2D eigenvalue weighted by atomic mass is 9.84. The molecule has 0 aromatic carbocycles. The fourth-order valence-corrected chi connectivity index (χ4v) is 4.89. The highest BCUT2D eigenvalue weighted by Gasteiger charge is 2.52. The van der Waals surface area contributed by atoms with E-state index in [2.05, 4.69) is 29.4 Å². The van der Waals surface area contributed by atoms with Gasteiger partial charge in [0.05, 0.1) is 5.71 Å². The second-order valence-electron chi connectivity index (χ2n) is 7.48. The summed E-state index contributed by atoms with van der Waals surface area (Å²) in [6.45, 7) is 3.60. The second kappa shape index (κ2) is 7.25. The van der Waals surface area contributed by atoms with Gasteiger partial charge in [0.15, 0.2) is 0 Å². The highest BCUT2D eigenvalue weighted by Crippen LogP contribution is 2.52. The van der Waals surface area contributed by atoms with E-state index in [4.69, 9.17) is 21.6 Å². The van der Waals surface area contributed by atoms with E-state index in [0.717, 1.165) is 23.7 Å². The Hall–Kier alpha value is -1.03. The largest absolute Gasteiger partial charge is 0.410 e. The molecule has 0 saturated heterocycles. The minimum Gasteiger partial charge on any atom is -0.410 e. The molecule has 1 aliphatic heterocycles. The van der Waals surface area contributed by atoms with Gasteiger partial charge in [0.25, 0.3) is 0 Å². The third kappa shape index (κ3) is 3.73. The van der Waals surface area contributed by atoms with Gasteiger partial charge in [0.1, 0.15) is 11.3 Å². The van der Waals surface area contributed by atoms with Crippen LogP contribution in [0, 0.1) is 29.6 Å². The van der Waals surface area contributed by atoms with E-state index in [1.165, 1.54) is 51.2 Å². The number of fused-ring (bicyclic) bond motifs is 7. The van der Waals surface area contributed by atoms with Crippen LogP contribution in [0.2, 0.25) is 0 Å². The molecule has 5 rings (SSSR count). The molecule has 0 aromatic heterocycles. The summed E-state index contributed by atoms with van der Waals surface area (Å²) in [6.07, 6.45) is 13.9. The van der Waals surface area contributed by atoms with Crippen molar-refractivity contribution in [2.75, 3.05) is 0 Å². The summed E-state index contributed by atoms with van der Waals surface area (Å²) >= 11 is 4.96. The number of hydrogen-bond donors (Lipinski definition) is 1. The number of halogens is 1. The highest BCUT2D eigenvalue weighted by molar-refractivity contribution is 6.64. The summed E-state index contributed by atoms with van der Waals surface area (Å²) < 4.78 is 0. The van der Waals surface area contributed by atoms with Crippen molar-refractivity contribution in [1.29, 1.82) is 0 Å². The lowest BCUT2D eigenvalue weighted by Gasteiger charge is -2.21. The van der Waals surface area contributed by atoms with Crippen LogP contribution in [0.4, 0.5) is 0 Å². The van der Waals surface area contributed by atoms with Crippen molar-refractivity contribution in [3.63, 3.8) is 0 Å². The summed E-state index contributed by atoms with van der Waals surface area (Å²) in [6, 6.07) is 0. The van der Waals surface area contributed by atoms with Crippen LogP contribution in [0.1, 0.15) is 52.4 Å². The van der Waals surface area contributed by atoms with Gasteiger partial charge in [-0.1, -0.05) is 34.1 Å². The van der Waals surface area contributed by atoms with Crippen molar-refractivity contribution in [1.82, 2.24) is 0 Å². The predicted octanol–water partition coefficient (Wildman–Crippen LogP) is 4.81. The van der Waals surface area contributed by atoms with Crippen LogP contribution in [-0.2, 0) is 4.84 Å². The molecule has 0 spiro atoms. The number of oxime groups is 2. The van der Waals surface area contributed by atoms with Gasteiger partial charge >= 0.3 is 0 Å². The van der Waals surface area contributed by atoms with E-state index < -0.39 is 0 Å². The maximum atomic E-state index is 7.60. The first-order valence-electron chi connectivity index (χ1n) is 8.81. The molecule has 4 bridgehead atoms.